The van der Waals surface area contributed by atoms with E-state index in [-0.39, 0.29) is 30.3 Å². The first-order chi connectivity index (χ1) is 10.2. The molecule has 6 heteroatoms. The molecule has 0 spiro atoms. The molecule has 3 rings (SSSR count). The zero-order chi connectivity index (χ0) is 14.8. The van der Waals surface area contributed by atoms with Crippen LogP contribution in [0.15, 0.2) is 24.3 Å². The lowest BCUT2D eigenvalue weighted by Crippen LogP contribution is -3.16. The summed E-state index contributed by atoms with van der Waals surface area (Å²) in [6.07, 6.45) is 5.10. The van der Waals surface area contributed by atoms with E-state index in [1.165, 1.54) is 22.6 Å². The van der Waals surface area contributed by atoms with E-state index in [9.17, 15) is 9.59 Å². The zero-order valence-electron chi connectivity index (χ0n) is 12.4. The van der Waals surface area contributed by atoms with Gasteiger partial charge in [0.05, 0.1) is 25.2 Å². The maximum atomic E-state index is 12.7. The summed E-state index contributed by atoms with van der Waals surface area (Å²) in [6.45, 7) is 2.00. The van der Waals surface area contributed by atoms with E-state index in [4.69, 9.17) is 11.6 Å². The first-order valence-electron chi connectivity index (χ1n) is 7.64. The third-order valence-electron chi connectivity index (χ3n) is 4.47. The molecular formula is C16H20Cl2N2O2. The lowest BCUT2D eigenvalue weighted by atomic mass is 10.2. The zero-order valence-corrected chi connectivity index (χ0v) is 13.9. The van der Waals surface area contributed by atoms with E-state index in [1.54, 1.807) is 24.3 Å². The number of halogens is 2. The third-order valence-corrected chi connectivity index (χ3v) is 4.72. The molecule has 1 N–H and O–H groups in total. The van der Waals surface area contributed by atoms with Gasteiger partial charge in [0.2, 0.25) is 5.91 Å². The van der Waals surface area contributed by atoms with Crippen molar-refractivity contribution in [2.45, 2.75) is 38.1 Å². The number of nitrogens with one attached hydrogen (secondary N) is 1. The Morgan fingerprint density at radius 2 is 1.59 bits per heavy atom. The normalized spacial score (nSPS) is 23.3. The number of amides is 2. The summed E-state index contributed by atoms with van der Waals surface area (Å²) in [6, 6.07) is 6.69. The summed E-state index contributed by atoms with van der Waals surface area (Å²) in [5.74, 6) is -0.150. The van der Waals surface area contributed by atoms with Gasteiger partial charge in [-0.15, -0.1) is 0 Å². The highest BCUT2D eigenvalue weighted by Crippen LogP contribution is 2.23. The minimum Gasteiger partial charge on any atom is -1.00 e. The largest absolute Gasteiger partial charge is 1.00 e. The van der Waals surface area contributed by atoms with Gasteiger partial charge in [-0.3, -0.25) is 9.59 Å². The summed E-state index contributed by atoms with van der Waals surface area (Å²) >= 11 is 5.87. The number of benzene rings is 1. The van der Waals surface area contributed by atoms with Crippen molar-refractivity contribution in [3.63, 3.8) is 0 Å². The Balaban J connectivity index is 0.00000176. The minimum absolute atomic E-state index is 0. The van der Waals surface area contributed by atoms with Crippen molar-refractivity contribution in [1.82, 2.24) is 0 Å². The molecule has 22 heavy (non-hydrogen) atoms. The van der Waals surface area contributed by atoms with Crippen molar-refractivity contribution in [2.75, 3.05) is 18.0 Å². The second-order valence-corrected chi connectivity index (χ2v) is 6.31. The Bertz CT molecular complexity index is 540. The lowest BCUT2D eigenvalue weighted by Gasteiger charge is -2.22. The molecule has 0 saturated carbocycles. The molecule has 2 aliphatic rings. The Hall–Kier alpha value is -1.10. The summed E-state index contributed by atoms with van der Waals surface area (Å²) in [5, 5.41) is 0.604. The highest BCUT2D eigenvalue weighted by molar-refractivity contribution is 6.30. The molecule has 2 heterocycles. The molecule has 120 valence electrons. The Labute approximate surface area is 141 Å². The molecule has 1 aromatic rings. The van der Waals surface area contributed by atoms with Gasteiger partial charge >= 0.3 is 0 Å². The van der Waals surface area contributed by atoms with Crippen molar-refractivity contribution in [3.05, 3.63) is 29.3 Å². The number of anilines is 1. The Morgan fingerprint density at radius 3 is 2.18 bits per heavy atom. The van der Waals surface area contributed by atoms with Crippen LogP contribution in [0.1, 0.15) is 32.1 Å². The van der Waals surface area contributed by atoms with Gasteiger partial charge in [-0.2, -0.15) is 0 Å². The Morgan fingerprint density at radius 1 is 1.00 bits per heavy atom. The van der Waals surface area contributed by atoms with Crippen LogP contribution in [0.25, 0.3) is 0 Å². The fraction of sp³-hybridized carbons (Fsp3) is 0.500. The number of carbonyl (C=O) groups is 2. The molecule has 4 nitrogen and oxygen atoms in total. The molecule has 0 radical (unpaired) electrons. The van der Waals surface area contributed by atoms with Crippen LogP contribution >= 0.6 is 11.6 Å². The van der Waals surface area contributed by atoms with Gasteiger partial charge in [-0.1, -0.05) is 11.6 Å². The van der Waals surface area contributed by atoms with Crippen molar-refractivity contribution in [3.8, 4) is 0 Å². The molecule has 1 aromatic carbocycles. The smallest absolute Gasteiger partial charge is 0.292 e. The van der Waals surface area contributed by atoms with E-state index in [0.29, 0.717) is 17.1 Å². The molecule has 2 saturated heterocycles. The van der Waals surface area contributed by atoms with Gasteiger partial charge in [0.15, 0.2) is 6.04 Å². The molecule has 1 unspecified atom stereocenters. The summed E-state index contributed by atoms with van der Waals surface area (Å²) in [7, 11) is 0. The molecule has 0 bridgehead atoms. The Kier molecular flexibility index (Phi) is 5.84. The molecular weight excluding hydrogens is 323 g/mol. The highest BCUT2D eigenvalue weighted by atomic mass is 35.5. The average molecular weight is 343 g/mol. The van der Waals surface area contributed by atoms with Gasteiger partial charge in [-0.25, -0.2) is 4.90 Å². The minimum atomic E-state index is -0.203. The third kappa shape index (κ3) is 3.45. The van der Waals surface area contributed by atoms with Crippen LogP contribution in [0.3, 0.4) is 0 Å². The first-order valence-corrected chi connectivity index (χ1v) is 8.01. The SMILES string of the molecule is O=C1CC([NH+]2CCCCCC2)C(=O)N1c1ccc(Cl)cc1.[Cl-]. The summed E-state index contributed by atoms with van der Waals surface area (Å²) in [4.78, 5) is 27.5. The number of hydrogen-bond acceptors (Lipinski definition) is 2. The molecule has 0 aromatic heterocycles. The molecule has 2 fully saturated rings. The van der Waals surface area contributed by atoms with E-state index < -0.39 is 0 Å². The fourth-order valence-electron chi connectivity index (χ4n) is 3.34. The number of rotatable bonds is 2. The molecule has 0 aliphatic carbocycles. The quantitative estimate of drug-likeness (QED) is 0.660. The average Bonchev–Trinajstić information content (AvgIpc) is 2.69. The van der Waals surface area contributed by atoms with Crippen LogP contribution in [0.5, 0.6) is 0 Å². The lowest BCUT2D eigenvalue weighted by molar-refractivity contribution is -0.914. The van der Waals surface area contributed by atoms with E-state index in [1.807, 2.05) is 0 Å². The number of quaternary nitrogens is 1. The molecule has 2 amide bonds. The van der Waals surface area contributed by atoms with Gasteiger partial charge in [0, 0.05) is 5.02 Å². The second kappa shape index (κ2) is 7.44. The number of carbonyl (C=O) groups excluding carboxylic acids is 2. The highest BCUT2D eigenvalue weighted by Gasteiger charge is 2.45. The molecule has 1 atom stereocenters. The van der Waals surface area contributed by atoms with Crippen LogP contribution in [0.2, 0.25) is 5.02 Å². The predicted molar refractivity (Wildman–Crippen MR) is 81.5 cm³/mol. The van der Waals surface area contributed by atoms with E-state index >= 15 is 0 Å². The van der Waals surface area contributed by atoms with Gasteiger partial charge < -0.3 is 17.3 Å². The van der Waals surface area contributed by atoms with Gasteiger partial charge in [0.1, 0.15) is 0 Å². The number of likely N-dealkylation sites (tertiary alicyclic amines) is 1. The van der Waals surface area contributed by atoms with Crippen LogP contribution < -0.4 is 22.2 Å². The summed E-state index contributed by atoms with van der Waals surface area (Å²) in [5.41, 5.74) is 0.631. The maximum absolute atomic E-state index is 12.7. The summed E-state index contributed by atoms with van der Waals surface area (Å²) < 4.78 is 0. The van der Waals surface area contributed by atoms with Crippen molar-refractivity contribution in [1.29, 1.82) is 0 Å². The molecule has 2 aliphatic heterocycles. The standard InChI is InChI=1S/C16H19ClN2O2.ClH/c17-12-5-7-13(8-6-12)19-15(20)11-14(16(19)21)18-9-3-1-2-4-10-18;/h5-8,14H,1-4,9-11H2;1H. The van der Waals surface area contributed by atoms with Crippen LogP contribution in [0.4, 0.5) is 5.69 Å². The van der Waals surface area contributed by atoms with Crippen molar-refractivity contribution >= 4 is 29.1 Å². The number of hydrogen-bond donors (Lipinski definition) is 1. The first kappa shape index (κ1) is 17.3. The van der Waals surface area contributed by atoms with Crippen molar-refractivity contribution in [2.24, 2.45) is 0 Å². The number of nitrogens with zero attached hydrogens (tertiary/aromatic N) is 1. The van der Waals surface area contributed by atoms with E-state index in [2.05, 4.69) is 0 Å². The topological polar surface area (TPSA) is 41.8 Å². The number of imide groups is 1. The van der Waals surface area contributed by atoms with Crippen LogP contribution in [0, 0.1) is 0 Å². The monoisotopic (exact) mass is 342 g/mol. The second-order valence-electron chi connectivity index (χ2n) is 5.87. The van der Waals surface area contributed by atoms with Crippen LogP contribution in [-0.4, -0.2) is 30.9 Å². The van der Waals surface area contributed by atoms with Gasteiger partial charge in [0.25, 0.3) is 5.91 Å². The van der Waals surface area contributed by atoms with Gasteiger partial charge in [-0.05, 0) is 49.9 Å². The maximum Gasteiger partial charge on any atom is 0.292 e. The van der Waals surface area contributed by atoms with Crippen molar-refractivity contribution < 1.29 is 26.9 Å². The van der Waals surface area contributed by atoms with E-state index in [0.717, 1.165) is 25.9 Å². The predicted octanol–water partition coefficient (Wildman–Crippen LogP) is -1.57. The fourth-order valence-corrected chi connectivity index (χ4v) is 3.47. The van der Waals surface area contributed by atoms with Crippen LogP contribution in [-0.2, 0) is 9.59 Å².